The third kappa shape index (κ3) is 4.32. The number of esters is 1. The molecule has 1 N–H and O–H groups in total. The van der Waals surface area contributed by atoms with Crippen molar-refractivity contribution in [2.24, 2.45) is 0 Å². The van der Waals surface area contributed by atoms with Crippen molar-refractivity contribution >= 4 is 16.0 Å². The predicted molar refractivity (Wildman–Crippen MR) is 97.4 cm³/mol. The second kappa shape index (κ2) is 8.03. The van der Waals surface area contributed by atoms with Gasteiger partial charge < -0.3 is 14.1 Å². The number of sulfonamides is 1. The van der Waals surface area contributed by atoms with Crippen LogP contribution >= 0.6 is 0 Å². The molecule has 1 heterocycles. The molecule has 0 unspecified atom stereocenters. The zero-order valence-corrected chi connectivity index (χ0v) is 16.3. The van der Waals surface area contributed by atoms with E-state index in [-0.39, 0.29) is 22.5 Å². The minimum absolute atomic E-state index is 0.0738. The fraction of sp³-hybridized carbons (Fsp3) is 0.389. The number of rotatable bonds is 7. The molecule has 142 valence electrons. The summed E-state index contributed by atoms with van der Waals surface area (Å²) >= 11 is 0. The third-order valence-corrected chi connectivity index (χ3v) is 5.73. The Morgan fingerprint density at radius 2 is 1.85 bits per heavy atom. The first-order valence-electron chi connectivity index (χ1n) is 8.10. The molecule has 7 nitrogen and oxygen atoms in total. The highest BCUT2D eigenvalue weighted by molar-refractivity contribution is 7.89. The number of likely N-dealkylation sites (N-methyl/N-ethyl adjacent to an activating group) is 1. The van der Waals surface area contributed by atoms with Gasteiger partial charge in [-0.05, 0) is 33.5 Å². The van der Waals surface area contributed by atoms with Gasteiger partial charge in [0.05, 0.1) is 13.2 Å². The van der Waals surface area contributed by atoms with Gasteiger partial charge in [0.2, 0.25) is 15.8 Å². The van der Waals surface area contributed by atoms with Crippen LogP contribution in [0.15, 0.2) is 45.7 Å². The lowest BCUT2D eigenvalue weighted by atomic mass is 10.0. The number of hydrogen-bond acceptors (Lipinski definition) is 6. The second-order valence-electron chi connectivity index (χ2n) is 6.25. The van der Waals surface area contributed by atoms with Gasteiger partial charge in [-0.15, -0.1) is 0 Å². The van der Waals surface area contributed by atoms with Crippen molar-refractivity contribution in [3.8, 4) is 0 Å². The Morgan fingerprint density at radius 1 is 1.23 bits per heavy atom. The van der Waals surface area contributed by atoms with E-state index in [9.17, 15) is 13.2 Å². The number of hydrogen-bond donors (Lipinski definition) is 1. The van der Waals surface area contributed by atoms with Gasteiger partial charge in [0.1, 0.15) is 10.7 Å². The number of aryl methyl sites for hydroxylation is 1. The smallest absolute Gasteiger partial charge is 0.373 e. The summed E-state index contributed by atoms with van der Waals surface area (Å²) in [6.07, 6.45) is 0. The molecular weight excluding hydrogens is 356 g/mol. The molecule has 8 heteroatoms. The maximum atomic E-state index is 12.8. The molecule has 0 aliphatic carbocycles. The van der Waals surface area contributed by atoms with Crippen LogP contribution in [0.4, 0.5) is 0 Å². The molecular formula is C18H24N2O5S. The van der Waals surface area contributed by atoms with Crippen LogP contribution in [0.25, 0.3) is 0 Å². The first-order chi connectivity index (χ1) is 12.2. The molecule has 0 bridgehead atoms. The largest absolute Gasteiger partial charge is 0.463 e. The van der Waals surface area contributed by atoms with Crippen LogP contribution in [-0.2, 0) is 14.8 Å². The molecule has 0 fully saturated rings. The first-order valence-corrected chi connectivity index (χ1v) is 9.58. The van der Waals surface area contributed by atoms with E-state index in [0.29, 0.717) is 0 Å². The molecule has 2 rings (SSSR count). The molecule has 2 aromatic rings. The van der Waals surface area contributed by atoms with Crippen molar-refractivity contribution in [3.63, 3.8) is 0 Å². The molecule has 0 saturated carbocycles. The maximum Gasteiger partial charge on any atom is 0.373 e. The number of benzene rings is 1. The molecule has 0 amide bonds. The topological polar surface area (TPSA) is 88.8 Å². The standard InChI is InChI=1S/C18H24N2O5S/c1-12(17(20(3)4)14-9-7-6-8-10-14)19-26(22,23)16-11-15(18(21)24-5)25-13(16)2/h6-12,17,19H,1-5H3/t12-,17+/m0/s1. The van der Waals surface area contributed by atoms with Crippen molar-refractivity contribution in [3.05, 3.63) is 53.5 Å². The van der Waals surface area contributed by atoms with E-state index in [0.717, 1.165) is 5.56 Å². The zero-order chi connectivity index (χ0) is 19.5. The number of carbonyl (C=O) groups excluding carboxylic acids is 1. The summed E-state index contributed by atoms with van der Waals surface area (Å²) < 4.78 is 38.1. The molecule has 0 aliphatic heterocycles. The van der Waals surface area contributed by atoms with E-state index in [4.69, 9.17) is 4.42 Å². The Balaban J connectivity index is 2.30. The molecule has 0 radical (unpaired) electrons. The zero-order valence-electron chi connectivity index (χ0n) is 15.5. The van der Waals surface area contributed by atoms with Crippen molar-refractivity contribution in [1.29, 1.82) is 0 Å². The van der Waals surface area contributed by atoms with Crippen LogP contribution in [0.5, 0.6) is 0 Å². The van der Waals surface area contributed by atoms with Gasteiger partial charge in [-0.1, -0.05) is 30.3 Å². The van der Waals surface area contributed by atoms with Crippen LogP contribution in [0.2, 0.25) is 0 Å². The van der Waals surface area contributed by atoms with E-state index < -0.39 is 22.0 Å². The van der Waals surface area contributed by atoms with Crippen molar-refractivity contribution in [1.82, 2.24) is 9.62 Å². The third-order valence-electron chi connectivity index (χ3n) is 4.06. The number of ether oxygens (including phenoxy) is 1. The summed E-state index contributed by atoms with van der Waals surface area (Å²) in [4.78, 5) is 13.4. The Labute approximate surface area is 154 Å². The number of methoxy groups -OCH3 is 1. The van der Waals surface area contributed by atoms with Crippen LogP contribution in [0.3, 0.4) is 0 Å². The van der Waals surface area contributed by atoms with E-state index in [2.05, 4.69) is 9.46 Å². The Kier molecular flexibility index (Phi) is 6.22. The molecule has 0 spiro atoms. The Bertz CT molecular complexity index is 859. The van der Waals surface area contributed by atoms with Gasteiger partial charge in [-0.25, -0.2) is 17.9 Å². The molecule has 1 aromatic carbocycles. The Hall–Kier alpha value is -2.16. The van der Waals surface area contributed by atoms with Gasteiger partial charge in [-0.2, -0.15) is 0 Å². The van der Waals surface area contributed by atoms with Gasteiger partial charge in [-0.3, -0.25) is 0 Å². The predicted octanol–water partition coefficient (Wildman–Crippen LogP) is 2.34. The van der Waals surface area contributed by atoms with Gasteiger partial charge in [0.15, 0.2) is 0 Å². The van der Waals surface area contributed by atoms with Crippen LogP contribution in [0.1, 0.15) is 34.8 Å². The summed E-state index contributed by atoms with van der Waals surface area (Å²) in [5.74, 6) is -0.741. The van der Waals surface area contributed by atoms with Crippen molar-refractivity contribution in [2.45, 2.75) is 30.8 Å². The van der Waals surface area contributed by atoms with Crippen LogP contribution in [0, 0.1) is 6.92 Å². The highest BCUT2D eigenvalue weighted by Crippen LogP contribution is 2.25. The normalized spacial score (nSPS) is 14.2. The quantitative estimate of drug-likeness (QED) is 0.742. The SMILES string of the molecule is COC(=O)c1cc(S(=O)(=O)N[C@@H](C)[C@H](c2ccccc2)N(C)C)c(C)o1. The highest BCUT2D eigenvalue weighted by Gasteiger charge is 2.30. The van der Waals surface area contributed by atoms with Crippen molar-refractivity contribution in [2.75, 3.05) is 21.2 Å². The lowest BCUT2D eigenvalue weighted by Gasteiger charge is -2.30. The summed E-state index contributed by atoms with van der Waals surface area (Å²) in [6.45, 7) is 3.29. The van der Waals surface area contributed by atoms with E-state index >= 15 is 0 Å². The van der Waals surface area contributed by atoms with Gasteiger partial charge >= 0.3 is 5.97 Å². The molecule has 26 heavy (non-hydrogen) atoms. The minimum atomic E-state index is -3.88. The molecule has 1 aromatic heterocycles. The summed E-state index contributed by atoms with van der Waals surface area (Å²) in [6, 6.07) is 10.2. The maximum absolute atomic E-state index is 12.8. The van der Waals surface area contributed by atoms with Gasteiger partial charge in [0, 0.05) is 12.1 Å². The van der Waals surface area contributed by atoms with E-state index in [1.54, 1.807) is 6.92 Å². The lowest BCUT2D eigenvalue weighted by molar-refractivity contribution is 0.0563. The van der Waals surface area contributed by atoms with Crippen LogP contribution in [-0.4, -0.2) is 46.5 Å². The summed E-state index contributed by atoms with van der Waals surface area (Å²) in [7, 11) is 1.11. The monoisotopic (exact) mass is 380 g/mol. The molecule has 0 aliphatic rings. The number of carbonyl (C=O) groups is 1. The lowest BCUT2D eigenvalue weighted by Crippen LogP contribution is -2.42. The number of furan rings is 1. The number of nitrogens with zero attached hydrogens (tertiary/aromatic N) is 1. The first kappa shape index (κ1) is 20.2. The molecule has 0 saturated heterocycles. The fourth-order valence-corrected chi connectivity index (χ4v) is 4.42. The Morgan fingerprint density at radius 3 is 2.38 bits per heavy atom. The van der Waals surface area contributed by atoms with Gasteiger partial charge in [0.25, 0.3) is 0 Å². The average Bonchev–Trinajstić information content (AvgIpc) is 2.97. The minimum Gasteiger partial charge on any atom is -0.463 e. The number of nitrogens with one attached hydrogen (secondary N) is 1. The second-order valence-corrected chi connectivity index (χ2v) is 7.93. The molecule has 2 atom stereocenters. The van der Waals surface area contributed by atoms with E-state index in [1.165, 1.54) is 20.1 Å². The average molecular weight is 380 g/mol. The summed E-state index contributed by atoms with van der Waals surface area (Å²) in [5.41, 5.74) is 0.992. The van der Waals surface area contributed by atoms with Crippen LogP contribution < -0.4 is 4.72 Å². The summed E-state index contributed by atoms with van der Waals surface area (Å²) in [5, 5.41) is 0. The fourth-order valence-electron chi connectivity index (χ4n) is 2.99. The highest BCUT2D eigenvalue weighted by atomic mass is 32.2. The van der Waals surface area contributed by atoms with Crippen molar-refractivity contribution < 1.29 is 22.4 Å². The van der Waals surface area contributed by atoms with E-state index in [1.807, 2.05) is 49.3 Å².